The summed E-state index contributed by atoms with van der Waals surface area (Å²) >= 11 is 1.64. The summed E-state index contributed by atoms with van der Waals surface area (Å²) in [6.45, 7) is 2.34. The standard InChI is InChI=1S/C20H20FNO3S/c1-13-19(17-12-15(24-2)6-9-18(17)25-13)20(23)22-10-3-11-26-16-7-4-14(21)5-8-16/h4-9,12H,3,10-11H2,1-2H3,(H,22,23). The Bertz CT molecular complexity index is 905. The molecule has 0 saturated heterocycles. The zero-order valence-corrected chi connectivity index (χ0v) is 15.5. The minimum Gasteiger partial charge on any atom is -0.497 e. The molecule has 1 amide bonds. The van der Waals surface area contributed by atoms with Crippen LogP contribution in [-0.4, -0.2) is 25.3 Å². The SMILES string of the molecule is COc1ccc2oc(C)c(C(=O)NCCCSc3ccc(F)cc3)c2c1. The third-order valence-corrected chi connectivity index (χ3v) is 5.09. The summed E-state index contributed by atoms with van der Waals surface area (Å²) < 4.78 is 23.8. The summed E-state index contributed by atoms with van der Waals surface area (Å²) in [5.74, 6) is 1.72. The van der Waals surface area contributed by atoms with Crippen molar-refractivity contribution in [2.45, 2.75) is 18.2 Å². The van der Waals surface area contributed by atoms with Crippen LogP contribution in [0.15, 0.2) is 51.8 Å². The molecule has 26 heavy (non-hydrogen) atoms. The number of rotatable bonds is 7. The first-order valence-corrected chi connectivity index (χ1v) is 9.31. The maximum atomic E-state index is 12.9. The van der Waals surface area contributed by atoms with E-state index in [1.807, 2.05) is 6.07 Å². The molecule has 0 spiro atoms. The van der Waals surface area contributed by atoms with Crippen LogP contribution in [0.2, 0.25) is 0 Å². The van der Waals surface area contributed by atoms with Gasteiger partial charge < -0.3 is 14.5 Å². The zero-order chi connectivity index (χ0) is 18.5. The number of fused-ring (bicyclic) bond motifs is 1. The van der Waals surface area contributed by atoms with Crippen LogP contribution in [0, 0.1) is 12.7 Å². The van der Waals surface area contributed by atoms with Crippen LogP contribution in [0.25, 0.3) is 11.0 Å². The number of aryl methyl sites for hydroxylation is 1. The maximum absolute atomic E-state index is 12.9. The number of carbonyl (C=O) groups is 1. The molecule has 0 atom stereocenters. The molecule has 0 saturated carbocycles. The van der Waals surface area contributed by atoms with Gasteiger partial charge in [0.1, 0.15) is 22.9 Å². The molecule has 2 aromatic carbocycles. The van der Waals surface area contributed by atoms with Gasteiger partial charge in [-0.3, -0.25) is 4.79 Å². The molecule has 0 bridgehead atoms. The Kier molecular flexibility index (Phi) is 5.83. The fraction of sp³-hybridized carbons (Fsp3) is 0.250. The first-order valence-electron chi connectivity index (χ1n) is 8.32. The van der Waals surface area contributed by atoms with Crippen molar-refractivity contribution in [3.63, 3.8) is 0 Å². The quantitative estimate of drug-likeness (QED) is 0.477. The Morgan fingerprint density at radius 3 is 2.73 bits per heavy atom. The zero-order valence-electron chi connectivity index (χ0n) is 14.7. The summed E-state index contributed by atoms with van der Waals surface area (Å²) in [5, 5.41) is 3.69. The van der Waals surface area contributed by atoms with E-state index >= 15 is 0 Å². The Morgan fingerprint density at radius 1 is 1.23 bits per heavy atom. The number of methoxy groups -OCH3 is 1. The number of carbonyl (C=O) groups excluding carboxylic acids is 1. The molecule has 136 valence electrons. The molecule has 1 N–H and O–H groups in total. The lowest BCUT2D eigenvalue weighted by atomic mass is 10.1. The van der Waals surface area contributed by atoms with Gasteiger partial charge in [-0.15, -0.1) is 11.8 Å². The fourth-order valence-electron chi connectivity index (χ4n) is 2.69. The lowest BCUT2D eigenvalue weighted by Crippen LogP contribution is -2.25. The van der Waals surface area contributed by atoms with Crippen LogP contribution < -0.4 is 10.1 Å². The first kappa shape index (κ1) is 18.3. The predicted octanol–water partition coefficient (Wildman–Crippen LogP) is 4.80. The van der Waals surface area contributed by atoms with Crippen molar-refractivity contribution < 1.29 is 18.3 Å². The molecule has 0 aliphatic rings. The monoisotopic (exact) mass is 373 g/mol. The minimum absolute atomic E-state index is 0.152. The molecule has 3 aromatic rings. The Hall–Kier alpha value is -2.47. The van der Waals surface area contributed by atoms with Crippen molar-refractivity contribution in [1.82, 2.24) is 5.32 Å². The number of nitrogens with one attached hydrogen (secondary N) is 1. The highest BCUT2D eigenvalue weighted by Gasteiger charge is 2.18. The van der Waals surface area contributed by atoms with Gasteiger partial charge in [0.25, 0.3) is 5.91 Å². The molecule has 0 aliphatic carbocycles. The second-order valence-electron chi connectivity index (χ2n) is 5.81. The summed E-state index contributed by atoms with van der Waals surface area (Å²) in [6.07, 6.45) is 0.811. The molecular weight excluding hydrogens is 353 g/mol. The Balaban J connectivity index is 1.55. The summed E-state index contributed by atoms with van der Waals surface area (Å²) in [4.78, 5) is 13.6. The van der Waals surface area contributed by atoms with Crippen LogP contribution in [0.1, 0.15) is 22.5 Å². The van der Waals surface area contributed by atoms with Gasteiger partial charge in [0.05, 0.1) is 12.7 Å². The molecule has 0 fully saturated rings. The Morgan fingerprint density at radius 2 is 2.00 bits per heavy atom. The van der Waals surface area contributed by atoms with Crippen molar-refractivity contribution in [2.24, 2.45) is 0 Å². The van der Waals surface area contributed by atoms with Crippen molar-refractivity contribution in [1.29, 1.82) is 0 Å². The van der Waals surface area contributed by atoms with Crippen molar-refractivity contribution >= 4 is 28.6 Å². The summed E-state index contributed by atoms with van der Waals surface area (Å²) in [6, 6.07) is 11.8. The second-order valence-corrected chi connectivity index (χ2v) is 6.98. The van der Waals surface area contributed by atoms with Crippen LogP contribution in [-0.2, 0) is 0 Å². The molecule has 0 aliphatic heterocycles. The number of furan rings is 1. The van der Waals surface area contributed by atoms with E-state index in [0.29, 0.717) is 29.2 Å². The number of ether oxygens (including phenoxy) is 1. The second kappa shape index (κ2) is 8.27. The Labute approximate surface area is 155 Å². The first-order chi connectivity index (χ1) is 12.6. The van der Waals surface area contributed by atoms with Crippen molar-refractivity contribution in [2.75, 3.05) is 19.4 Å². The van der Waals surface area contributed by atoms with Crippen molar-refractivity contribution in [3.8, 4) is 5.75 Å². The van der Waals surface area contributed by atoms with Crippen LogP contribution in [0.4, 0.5) is 4.39 Å². The van der Waals surface area contributed by atoms with E-state index in [4.69, 9.17) is 9.15 Å². The number of benzene rings is 2. The average Bonchev–Trinajstić information content (AvgIpc) is 2.97. The van der Waals surface area contributed by atoms with Gasteiger partial charge in [0.2, 0.25) is 0 Å². The van der Waals surface area contributed by atoms with E-state index in [1.54, 1.807) is 50.1 Å². The number of hydrogen-bond acceptors (Lipinski definition) is 4. The number of thioether (sulfide) groups is 1. The van der Waals surface area contributed by atoms with Gasteiger partial charge in [-0.05, 0) is 61.6 Å². The van der Waals surface area contributed by atoms with Gasteiger partial charge in [-0.1, -0.05) is 0 Å². The number of halogens is 1. The van der Waals surface area contributed by atoms with E-state index in [0.717, 1.165) is 22.5 Å². The maximum Gasteiger partial charge on any atom is 0.255 e. The van der Waals surface area contributed by atoms with E-state index < -0.39 is 0 Å². The highest BCUT2D eigenvalue weighted by Crippen LogP contribution is 2.29. The van der Waals surface area contributed by atoms with E-state index in [9.17, 15) is 9.18 Å². The lowest BCUT2D eigenvalue weighted by molar-refractivity contribution is 0.0953. The normalized spacial score (nSPS) is 10.9. The molecular formula is C20H20FNO3S. The molecule has 1 aromatic heterocycles. The van der Waals surface area contributed by atoms with Gasteiger partial charge >= 0.3 is 0 Å². The topological polar surface area (TPSA) is 51.5 Å². The third-order valence-electron chi connectivity index (χ3n) is 3.99. The van der Waals surface area contributed by atoms with E-state index in [-0.39, 0.29) is 11.7 Å². The largest absolute Gasteiger partial charge is 0.497 e. The van der Waals surface area contributed by atoms with E-state index in [1.165, 1.54) is 12.1 Å². The third kappa shape index (κ3) is 4.19. The minimum atomic E-state index is -0.235. The van der Waals surface area contributed by atoms with Gasteiger partial charge in [0, 0.05) is 16.8 Å². The number of amides is 1. The highest BCUT2D eigenvalue weighted by molar-refractivity contribution is 7.99. The average molecular weight is 373 g/mol. The van der Waals surface area contributed by atoms with Crippen LogP contribution >= 0.6 is 11.8 Å². The molecule has 0 radical (unpaired) electrons. The van der Waals surface area contributed by atoms with Crippen molar-refractivity contribution in [3.05, 3.63) is 59.6 Å². The molecule has 1 heterocycles. The molecule has 4 nitrogen and oxygen atoms in total. The van der Waals surface area contributed by atoms with Crippen LogP contribution in [0.5, 0.6) is 5.75 Å². The molecule has 0 unspecified atom stereocenters. The molecule has 3 rings (SSSR count). The van der Waals surface area contributed by atoms with Gasteiger partial charge in [-0.2, -0.15) is 0 Å². The summed E-state index contributed by atoms with van der Waals surface area (Å²) in [7, 11) is 1.59. The fourth-order valence-corrected chi connectivity index (χ4v) is 3.54. The van der Waals surface area contributed by atoms with Crippen LogP contribution in [0.3, 0.4) is 0 Å². The molecule has 6 heteroatoms. The summed E-state index contributed by atoms with van der Waals surface area (Å²) in [5.41, 5.74) is 1.21. The number of hydrogen-bond donors (Lipinski definition) is 1. The van der Waals surface area contributed by atoms with Gasteiger partial charge in [0.15, 0.2) is 0 Å². The highest BCUT2D eigenvalue weighted by atomic mass is 32.2. The smallest absolute Gasteiger partial charge is 0.255 e. The predicted molar refractivity (Wildman–Crippen MR) is 102 cm³/mol. The lowest BCUT2D eigenvalue weighted by Gasteiger charge is -2.06. The van der Waals surface area contributed by atoms with E-state index in [2.05, 4.69) is 5.32 Å². The van der Waals surface area contributed by atoms with Gasteiger partial charge in [-0.25, -0.2) is 4.39 Å².